The van der Waals surface area contributed by atoms with E-state index in [-0.39, 0.29) is 17.4 Å². The van der Waals surface area contributed by atoms with Crippen LogP contribution in [0.2, 0.25) is 10.0 Å². The Morgan fingerprint density at radius 1 is 0.762 bits per heavy atom. The van der Waals surface area contributed by atoms with Gasteiger partial charge in [-0.3, -0.25) is 19.2 Å². The number of hydrogen-bond donors (Lipinski definition) is 4. The summed E-state index contributed by atoms with van der Waals surface area (Å²) in [5.41, 5.74) is 7.46. The Bertz CT molecular complexity index is 1640. The van der Waals surface area contributed by atoms with Crippen LogP contribution < -0.4 is 21.7 Å². The quantitative estimate of drug-likeness (QED) is 0.124. The van der Waals surface area contributed by atoms with Crippen LogP contribution in [-0.4, -0.2) is 29.4 Å². The van der Waals surface area contributed by atoms with Crippen LogP contribution in [0.1, 0.15) is 26.3 Å². The van der Waals surface area contributed by atoms with Gasteiger partial charge < -0.3 is 21.7 Å². The number of nitrogens with one attached hydrogen (secondary N) is 3. The van der Waals surface area contributed by atoms with Gasteiger partial charge in [0.15, 0.2) is 0 Å². The highest BCUT2D eigenvalue weighted by Gasteiger charge is 2.16. The Morgan fingerprint density at radius 3 is 2.05 bits per heavy atom. The molecule has 8 nitrogen and oxygen atoms in total. The van der Waals surface area contributed by atoms with Gasteiger partial charge in [0, 0.05) is 37.4 Å². The van der Waals surface area contributed by atoms with Crippen LogP contribution in [0.4, 0.5) is 11.4 Å². The highest BCUT2D eigenvalue weighted by Crippen LogP contribution is 2.24. The van der Waals surface area contributed by atoms with E-state index in [0.717, 1.165) is 4.90 Å². The van der Waals surface area contributed by atoms with E-state index in [1.165, 1.54) is 30.0 Å². The molecule has 0 fully saturated rings. The third-order valence-electron chi connectivity index (χ3n) is 5.73. The van der Waals surface area contributed by atoms with Crippen LogP contribution in [0.5, 0.6) is 0 Å². The molecular weight excluding hydrogens is 595 g/mol. The molecule has 0 unspecified atom stereocenters. The molecule has 0 saturated heterocycles. The number of hydrogen-bond acceptors (Lipinski definition) is 5. The van der Waals surface area contributed by atoms with Gasteiger partial charge in [-0.25, -0.2) is 0 Å². The highest BCUT2D eigenvalue weighted by atomic mass is 35.5. The maximum atomic E-state index is 13.2. The van der Waals surface area contributed by atoms with E-state index in [2.05, 4.69) is 16.0 Å². The van der Waals surface area contributed by atoms with Gasteiger partial charge in [-0.2, -0.15) is 0 Å². The van der Waals surface area contributed by atoms with Crippen molar-refractivity contribution >= 4 is 76.0 Å². The van der Waals surface area contributed by atoms with Crippen molar-refractivity contribution in [3.05, 3.63) is 129 Å². The predicted octanol–water partition coefficient (Wildman–Crippen LogP) is 6.23. The zero-order chi connectivity index (χ0) is 30.1. The number of amides is 4. The Kier molecular flexibility index (Phi) is 10.4. The number of halogens is 2. The Hall–Kier alpha value is -4.57. The van der Waals surface area contributed by atoms with E-state index in [4.69, 9.17) is 28.9 Å². The summed E-state index contributed by atoms with van der Waals surface area (Å²) in [4.78, 5) is 50.4. The van der Waals surface area contributed by atoms with Crippen molar-refractivity contribution in [3.8, 4) is 0 Å². The average molecular weight is 620 g/mol. The van der Waals surface area contributed by atoms with E-state index in [1.807, 2.05) is 0 Å². The molecule has 0 aromatic heterocycles. The van der Waals surface area contributed by atoms with E-state index in [1.54, 1.807) is 84.9 Å². The fourth-order valence-electron chi connectivity index (χ4n) is 3.61. The number of carbonyl (C=O) groups is 4. The lowest BCUT2D eigenvalue weighted by Gasteiger charge is -2.12. The lowest BCUT2D eigenvalue weighted by Crippen LogP contribution is -2.30. The molecule has 0 spiro atoms. The fourth-order valence-corrected chi connectivity index (χ4v) is 4.77. The molecule has 5 N–H and O–H groups in total. The molecule has 0 aliphatic carbocycles. The molecule has 0 aliphatic rings. The predicted molar refractivity (Wildman–Crippen MR) is 168 cm³/mol. The Balaban J connectivity index is 1.40. The second-order valence-electron chi connectivity index (χ2n) is 8.80. The summed E-state index contributed by atoms with van der Waals surface area (Å²) in [5, 5.41) is 8.94. The SMILES string of the molecule is NC(=O)c1ccc(NC(=O)CSc2ccc(NC(=O)/C(=C/c3ccc(Cl)cc3Cl)NC(=O)c3ccccc3)cc2)cc1. The summed E-state index contributed by atoms with van der Waals surface area (Å²) in [6.45, 7) is 0. The van der Waals surface area contributed by atoms with Crippen LogP contribution in [0.25, 0.3) is 6.08 Å². The van der Waals surface area contributed by atoms with Gasteiger partial charge >= 0.3 is 0 Å². The Morgan fingerprint density at radius 2 is 1.40 bits per heavy atom. The van der Waals surface area contributed by atoms with Gasteiger partial charge in [-0.15, -0.1) is 11.8 Å². The number of carbonyl (C=O) groups excluding carboxylic acids is 4. The van der Waals surface area contributed by atoms with Gasteiger partial charge in [0.25, 0.3) is 11.8 Å². The smallest absolute Gasteiger partial charge is 0.272 e. The standard InChI is InChI=1S/C31H24Cl2N4O4S/c32-22-9-6-21(26(33)17-22)16-27(37-30(40)20-4-2-1-3-5-20)31(41)36-24-12-14-25(15-13-24)42-18-28(38)35-23-10-7-19(8-11-23)29(34)39/h1-17H,18H2,(H2,34,39)(H,35,38)(H,36,41)(H,37,40)/b27-16-. The summed E-state index contributed by atoms with van der Waals surface area (Å²) in [6, 6.07) is 26.5. The molecule has 212 valence electrons. The highest BCUT2D eigenvalue weighted by molar-refractivity contribution is 8.00. The van der Waals surface area contributed by atoms with Crippen molar-refractivity contribution < 1.29 is 19.2 Å². The van der Waals surface area contributed by atoms with E-state index >= 15 is 0 Å². The summed E-state index contributed by atoms with van der Waals surface area (Å²) in [6.07, 6.45) is 1.47. The number of benzene rings is 4. The summed E-state index contributed by atoms with van der Waals surface area (Å²) in [7, 11) is 0. The van der Waals surface area contributed by atoms with Crippen molar-refractivity contribution in [1.29, 1.82) is 0 Å². The summed E-state index contributed by atoms with van der Waals surface area (Å²) in [5.74, 6) is -1.65. The van der Waals surface area contributed by atoms with Gasteiger partial charge in [-0.05, 0) is 84.4 Å². The minimum atomic E-state index is -0.563. The minimum Gasteiger partial charge on any atom is -0.366 e. The van der Waals surface area contributed by atoms with Crippen molar-refractivity contribution in [2.75, 3.05) is 16.4 Å². The zero-order valence-electron chi connectivity index (χ0n) is 21.9. The van der Waals surface area contributed by atoms with Crippen molar-refractivity contribution in [1.82, 2.24) is 5.32 Å². The molecule has 0 bridgehead atoms. The van der Waals surface area contributed by atoms with Gasteiger partial charge in [-0.1, -0.05) is 47.5 Å². The van der Waals surface area contributed by atoms with Crippen molar-refractivity contribution in [2.24, 2.45) is 5.73 Å². The first-order chi connectivity index (χ1) is 20.2. The van der Waals surface area contributed by atoms with E-state index in [9.17, 15) is 19.2 Å². The topological polar surface area (TPSA) is 130 Å². The van der Waals surface area contributed by atoms with Crippen LogP contribution in [0.3, 0.4) is 0 Å². The van der Waals surface area contributed by atoms with E-state index < -0.39 is 17.7 Å². The molecule has 11 heteroatoms. The third-order valence-corrected chi connectivity index (χ3v) is 7.30. The second-order valence-corrected chi connectivity index (χ2v) is 10.7. The minimum absolute atomic E-state index is 0.0212. The lowest BCUT2D eigenvalue weighted by atomic mass is 10.1. The largest absolute Gasteiger partial charge is 0.366 e. The number of thioether (sulfide) groups is 1. The monoisotopic (exact) mass is 618 g/mol. The maximum Gasteiger partial charge on any atom is 0.272 e. The molecule has 4 amide bonds. The summed E-state index contributed by atoms with van der Waals surface area (Å²) < 4.78 is 0. The second kappa shape index (κ2) is 14.4. The number of rotatable bonds is 10. The van der Waals surface area contributed by atoms with Gasteiger partial charge in [0.1, 0.15) is 5.70 Å². The lowest BCUT2D eigenvalue weighted by molar-refractivity contribution is -0.114. The number of nitrogens with two attached hydrogens (primary N) is 1. The van der Waals surface area contributed by atoms with Crippen LogP contribution in [-0.2, 0) is 9.59 Å². The van der Waals surface area contributed by atoms with Crippen LogP contribution in [0.15, 0.2) is 108 Å². The van der Waals surface area contributed by atoms with Gasteiger partial charge in [0.05, 0.1) is 5.75 Å². The Labute approximate surface area is 256 Å². The first kappa shape index (κ1) is 30.4. The molecule has 4 aromatic rings. The zero-order valence-corrected chi connectivity index (χ0v) is 24.2. The molecular formula is C31H24Cl2N4O4S. The molecule has 4 aromatic carbocycles. The first-order valence-corrected chi connectivity index (χ1v) is 14.2. The normalized spacial score (nSPS) is 11.0. The fraction of sp³-hybridized carbons (Fsp3) is 0.0323. The molecule has 4 rings (SSSR count). The molecule has 0 saturated carbocycles. The number of primary amides is 1. The third kappa shape index (κ3) is 8.71. The van der Waals surface area contributed by atoms with Crippen molar-refractivity contribution in [3.63, 3.8) is 0 Å². The van der Waals surface area contributed by atoms with Crippen molar-refractivity contribution in [2.45, 2.75) is 4.90 Å². The van der Waals surface area contributed by atoms with Crippen LogP contribution >= 0.6 is 35.0 Å². The van der Waals surface area contributed by atoms with Gasteiger partial charge in [0.2, 0.25) is 11.8 Å². The number of anilines is 2. The molecule has 0 atom stereocenters. The van der Waals surface area contributed by atoms with E-state index in [0.29, 0.717) is 38.1 Å². The molecule has 0 aliphatic heterocycles. The summed E-state index contributed by atoms with van der Waals surface area (Å²) >= 11 is 13.6. The first-order valence-electron chi connectivity index (χ1n) is 12.4. The average Bonchev–Trinajstić information content (AvgIpc) is 2.98. The maximum absolute atomic E-state index is 13.2. The van der Waals surface area contributed by atoms with Crippen LogP contribution in [0, 0.1) is 0 Å². The molecule has 42 heavy (non-hydrogen) atoms. The molecule has 0 heterocycles. The molecule has 0 radical (unpaired) electrons.